The van der Waals surface area contributed by atoms with Gasteiger partial charge in [-0.1, -0.05) is 6.92 Å². The largest absolute Gasteiger partial charge is 0.294 e. The van der Waals surface area contributed by atoms with E-state index in [1.807, 2.05) is 0 Å². The van der Waals surface area contributed by atoms with Crippen LogP contribution in [0.5, 0.6) is 0 Å². The molecule has 9 heavy (non-hydrogen) atoms. The van der Waals surface area contributed by atoms with Crippen LogP contribution in [0, 0.1) is 5.41 Å². The SMILES string of the molecule is CCC(N)(N)N=C=N.Cl. The molecule has 5 heteroatoms. The number of nitrogens with one attached hydrogen (secondary N) is 1. The van der Waals surface area contributed by atoms with Gasteiger partial charge < -0.3 is 0 Å². The fourth-order valence-corrected chi connectivity index (χ4v) is 0.183. The molecule has 54 valence electrons. The van der Waals surface area contributed by atoms with E-state index in [1.165, 1.54) is 0 Å². The molecule has 0 saturated carbocycles. The average Bonchev–Trinajstić information content (AvgIpc) is 1.67. The molecule has 4 nitrogen and oxygen atoms in total. The minimum atomic E-state index is -1.08. The molecule has 0 spiro atoms. The number of halogens is 1. The first-order chi connectivity index (χ1) is 3.62. The van der Waals surface area contributed by atoms with Gasteiger partial charge in [-0.25, -0.2) is 5.41 Å². The summed E-state index contributed by atoms with van der Waals surface area (Å²) in [5, 5.41) is 6.38. The Hall–Kier alpha value is -0.410. The summed E-state index contributed by atoms with van der Waals surface area (Å²) in [5.41, 5.74) is 10.5. The second kappa shape index (κ2) is 4.47. The number of hydrogen-bond donors (Lipinski definition) is 3. The fourth-order valence-electron chi connectivity index (χ4n) is 0.183. The van der Waals surface area contributed by atoms with Gasteiger partial charge in [-0.15, -0.1) is 12.4 Å². The molecule has 0 bridgehead atoms. The van der Waals surface area contributed by atoms with E-state index in [2.05, 4.69) is 4.99 Å². The van der Waals surface area contributed by atoms with Crippen molar-refractivity contribution in [3.8, 4) is 0 Å². The average molecular weight is 151 g/mol. The molecule has 0 aliphatic carbocycles. The van der Waals surface area contributed by atoms with Crippen LogP contribution in [0.2, 0.25) is 0 Å². The predicted molar refractivity (Wildman–Crippen MR) is 38.8 cm³/mol. The Morgan fingerprint density at radius 3 is 2.22 bits per heavy atom. The van der Waals surface area contributed by atoms with E-state index in [4.69, 9.17) is 16.9 Å². The van der Waals surface area contributed by atoms with Gasteiger partial charge >= 0.3 is 0 Å². The molecule has 0 amide bonds. The first-order valence-corrected chi connectivity index (χ1v) is 2.34. The highest BCUT2D eigenvalue weighted by Gasteiger charge is 2.11. The molecule has 5 N–H and O–H groups in total. The summed E-state index contributed by atoms with van der Waals surface area (Å²) in [6.45, 7) is 1.79. The summed E-state index contributed by atoms with van der Waals surface area (Å²) in [6, 6.07) is 1.78. The number of rotatable bonds is 2. The molecule has 0 radical (unpaired) electrons. The van der Waals surface area contributed by atoms with Crippen LogP contribution in [0.1, 0.15) is 13.3 Å². The molecule has 0 fully saturated rings. The van der Waals surface area contributed by atoms with Crippen LogP contribution in [0.15, 0.2) is 4.99 Å². The van der Waals surface area contributed by atoms with Crippen LogP contribution in [-0.4, -0.2) is 11.8 Å². The van der Waals surface area contributed by atoms with Crippen molar-refractivity contribution < 1.29 is 0 Å². The monoisotopic (exact) mass is 150 g/mol. The predicted octanol–water partition coefficient (Wildman–Crippen LogP) is 0.142. The first kappa shape index (κ1) is 11.4. The summed E-state index contributed by atoms with van der Waals surface area (Å²) < 4.78 is 0. The highest BCUT2D eigenvalue weighted by atomic mass is 35.5. The van der Waals surface area contributed by atoms with Crippen LogP contribution in [0.25, 0.3) is 0 Å². The van der Waals surface area contributed by atoms with E-state index in [0.717, 1.165) is 0 Å². The van der Waals surface area contributed by atoms with Crippen molar-refractivity contribution in [3.63, 3.8) is 0 Å². The molecule has 0 aromatic rings. The molecule has 0 saturated heterocycles. The first-order valence-electron chi connectivity index (χ1n) is 2.34. The van der Waals surface area contributed by atoms with E-state index in [1.54, 1.807) is 12.9 Å². The van der Waals surface area contributed by atoms with Crippen LogP contribution in [-0.2, 0) is 0 Å². The van der Waals surface area contributed by atoms with Crippen molar-refractivity contribution in [3.05, 3.63) is 0 Å². The maximum atomic E-state index is 6.38. The Bertz CT molecular complexity index is 116. The van der Waals surface area contributed by atoms with Crippen LogP contribution >= 0.6 is 12.4 Å². The Labute approximate surface area is 60.2 Å². The maximum absolute atomic E-state index is 6.38. The summed E-state index contributed by atoms with van der Waals surface area (Å²) in [6.07, 6.45) is 0.513. The third kappa shape index (κ3) is 5.46. The number of aliphatic imine (C=N–C) groups is 1. The molecule has 0 rings (SSSR count). The normalized spacial score (nSPS) is 9.22. The van der Waals surface area contributed by atoms with E-state index in [9.17, 15) is 0 Å². The maximum Gasteiger partial charge on any atom is 0.169 e. The number of hydrogen-bond acceptors (Lipinski definition) is 4. The molecule has 0 atom stereocenters. The smallest absolute Gasteiger partial charge is 0.169 e. The van der Waals surface area contributed by atoms with Gasteiger partial charge in [0.25, 0.3) is 0 Å². The topological polar surface area (TPSA) is 88.2 Å². The van der Waals surface area contributed by atoms with Crippen molar-refractivity contribution in [2.24, 2.45) is 16.5 Å². The van der Waals surface area contributed by atoms with E-state index in [0.29, 0.717) is 6.42 Å². The standard InChI is InChI=1S/C4H10N4.ClH/c1-2-4(6,7)8-3-5;/h5H,2,6-7H2,1H3;1H. The molecule has 0 aromatic carbocycles. The summed E-state index contributed by atoms with van der Waals surface area (Å²) in [5.74, 6) is -1.08. The fraction of sp³-hybridized carbons (Fsp3) is 0.750. The zero-order valence-electron chi connectivity index (χ0n) is 5.22. The van der Waals surface area contributed by atoms with Gasteiger partial charge in [-0.3, -0.25) is 11.5 Å². The lowest BCUT2D eigenvalue weighted by atomic mass is 10.3. The van der Waals surface area contributed by atoms with Gasteiger partial charge in [0.2, 0.25) is 0 Å². The minimum absolute atomic E-state index is 0. The summed E-state index contributed by atoms with van der Waals surface area (Å²) in [4.78, 5) is 3.35. The molecule has 0 aromatic heterocycles. The third-order valence-electron chi connectivity index (χ3n) is 0.830. The van der Waals surface area contributed by atoms with Gasteiger partial charge in [0.1, 0.15) is 0 Å². The molecular formula is C4H11ClN4. The lowest BCUT2D eigenvalue weighted by molar-refractivity contribution is 0.452. The van der Waals surface area contributed by atoms with E-state index < -0.39 is 5.79 Å². The lowest BCUT2D eigenvalue weighted by Crippen LogP contribution is -2.46. The highest BCUT2D eigenvalue weighted by Crippen LogP contribution is 1.94. The third-order valence-corrected chi connectivity index (χ3v) is 0.830. The molecule has 0 heterocycles. The van der Waals surface area contributed by atoms with E-state index >= 15 is 0 Å². The van der Waals surface area contributed by atoms with Crippen molar-refractivity contribution in [1.82, 2.24) is 0 Å². The van der Waals surface area contributed by atoms with Gasteiger partial charge in [-0.05, 0) is 6.42 Å². The van der Waals surface area contributed by atoms with Crippen LogP contribution in [0.4, 0.5) is 0 Å². The van der Waals surface area contributed by atoms with Gasteiger partial charge in [0, 0.05) is 0 Å². The van der Waals surface area contributed by atoms with Crippen LogP contribution < -0.4 is 11.5 Å². The van der Waals surface area contributed by atoms with Gasteiger partial charge in [0.15, 0.2) is 5.79 Å². The summed E-state index contributed by atoms with van der Waals surface area (Å²) >= 11 is 0. The van der Waals surface area contributed by atoms with Crippen molar-refractivity contribution in [2.45, 2.75) is 19.1 Å². The van der Waals surface area contributed by atoms with Crippen molar-refractivity contribution in [1.29, 1.82) is 5.41 Å². The van der Waals surface area contributed by atoms with E-state index in [-0.39, 0.29) is 12.4 Å². The molecule has 0 aliphatic rings. The second-order valence-corrected chi connectivity index (χ2v) is 1.57. The Morgan fingerprint density at radius 2 is 2.11 bits per heavy atom. The Kier molecular flexibility index (Phi) is 5.66. The van der Waals surface area contributed by atoms with Crippen LogP contribution in [0.3, 0.4) is 0 Å². The molecule has 0 aliphatic heterocycles. The molecular weight excluding hydrogens is 140 g/mol. The number of nitrogens with two attached hydrogens (primary N) is 2. The lowest BCUT2D eigenvalue weighted by Gasteiger charge is -2.13. The zero-order valence-corrected chi connectivity index (χ0v) is 6.03. The highest BCUT2D eigenvalue weighted by molar-refractivity contribution is 5.85. The van der Waals surface area contributed by atoms with Crippen molar-refractivity contribution >= 4 is 18.4 Å². The second-order valence-electron chi connectivity index (χ2n) is 1.57. The molecule has 0 unspecified atom stereocenters. The quantitative estimate of drug-likeness (QED) is 0.386. The van der Waals surface area contributed by atoms with Gasteiger partial charge in [0.05, 0.1) is 6.01 Å². The van der Waals surface area contributed by atoms with Crippen molar-refractivity contribution in [2.75, 3.05) is 0 Å². The minimum Gasteiger partial charge on any atom is -0.294 e. The zero-order chi connectivity index (χ0) is 6.62. The summed E-state index contributed by atoms with van der Waals surface area (Å²) in [7, 11) is 0. The van der Waals surface area contributed by atoms with Gasteiger partial charge in [-0.2, -0.15) is 4.99 Å². The Balaban J connectivity index is 0. The Morgan fingerprint density at radius 1 is 1.67 bits per heavy atom. The number of nitrogens with zero attached hydrogens (tertiary/aromatic N) is 1.